The Morgan fingerprint density at radius 1 is 0.793 bits per heavy atom. The molecule has 5 rings (SSSR count). The molecule has 0 bridgehead atoms. The minimum Gasteiger partial charge on any atom is -0.395 e. The zero-order valence-electron chi connectivity index (χ0n) is 15.7. The first-order chi connectivity index (χ1) is 14.3. The van der Waals surface area contributed by atoms with Gasteiger partial charge in [-0.25, -0.2) is 4.52 Å². The van der Waals surface area contributed by atoms with Crippen molar-refractivity contribution in [2.75, 3.05) is 6.61 Å². The van der Waals surface area contributed by atoms with Crippen LogP contribution in [-0.2, 0) is 6.54 Å². The summed E-state index contributed by atoms with van der Waals surface area (Å²) in [7, 11) is 0. The van der Waals surface area contributed by atoms with Crippen LogP contribution in [0.15, 0.2) is 89.7 Å². The molecule has 0 amide bonds. The molecule has 5 heteroatoms. The molecule has 0 aliphatic rings. The Kier molecular flexibility index (Phi) is 4.22. The molecule has 0 fully saturated rings. The van der Waals surface area contributed by atoms with E-state index >= 15 is 0 Å². The molecular formula is C24H19N3O2. The van der Waals surface area contributed by atoms with Crippen molar-refractivity contribution in [3.8, 4) is 22.4 Å². The average Bonchev–Trinajstić information content (AvgIpc) is 3.23. The number of aliphatic hydroxyl groups is 1. The fourth-order valence-electron chi connectivity index (χ4n) is 3.75. The molecule has 0 aliphatic carbocycles. The number of nitrogens with zero attached hydrogens (tertiary/aromatic N) is 3. The van der Waals surface area contributed by atoms with Crippen LogP contribution in [0, 0.1) is 0 Å². The van der Waals surface area contributed by atoms with Gasteiger partial charge in [-0.1, -0.05) is 66.7 Å². The average molecular weight is 381 g/mol. The van der Waals surface area contributed by atoms with Gasteiger partial charge in [0.05, 0.1) is 29.7 Å². The normalized spacial score (nSPS) is 11.3. The molecule has 0 saturated heterocycles. The Hall–Kier alpha value is -3.70. The monoisotopic (exact) mass is 381 g/mol. The molecule has 5 nitrogen and oxygen atoms in total. The van der Waals surface area contributed by atoms with Crippen molar-refractivity contribution in [3.05, 3.63) is 95.3 Å². The van der Waals surface area contributed by atoms with Gasteiger partial charge < -0.3 is 5.11 Å². The van der Waals surface area contributed by atoms with Crippen molar-refractivity contribution in [2.45, 2.75) is 6.54 Å². The van der Waals surface area contributed by atoms with E-state index in [9.17, 15) is 9.90 Å². The van der Waals surface area contributed by atoms with E-state index in [1.807, 2.05) is 84.9 Å². The van der Waals surface area contributed by atoms with E-state index in [0.717, 1.165) is 27.9 Å². The lowest BCUT2D eigenvalue weighted by atomic mass is 10.0. The Bertz CT molecular complexity index is 1370. The van der Waals surface area contributed by atoms with Gasteiger partial charge in [0, 0.05) is 11.6 Å². The Balaban J connectivity index is 1.84. The third-order valence-corrected chi connectivity index (χ3v) is 5.17. The maximum atomic E-state index is 13.1. The quantitative estimate of drug-likeness (QED) is 0.512. The second kappa shape index (κ2) is 7.04. The lowest BCUT2D eigenvalue weighted by Gasteiger charge is -2.11. The summed E-state index contributed by atoms with van der Waals surface area (Å²) in [5.74, 6) is 0. The minimum absolute atomic E-state index is 0.116. The highest BCUT2D eigenvalue weighted by molar-refractivity contribution is 5.86. The van der Waals surface area contributed by atoms with Crippen molar-refractivity contribution in [3.63, 3.8) is 0 Å². The smallest absolute Gasteiger partial charge is 0.261 e. The van der Waals surface area contributed by atoms with Gasteiger partial charge in [0.25, 0.3) is 5.56 Å². The summed E-state index contributed by atoms with van der Waals surface area (Å²) in [5, 5.41) is 14.9. The van der Waals surface area contributed by atoms with Crippen molar-refractivity contribution in [2.24, 2.45) is 0 Å². The lowest BCUT2D eigenvalue weighted by molar-refractivity contribution is 0.276. The van der Waals surface area contributed by atoms with Crippen LogP contribution < -0.4 is 5.56 Å². The molecule has 0 radical (unpaired) electrons. The third-order valence-electron chi connectivity index (χ3n) is 5.17. The zero-order chi connectivity index (χ0) is 19.8. The van der Waals surface area contributed by atoms with Crippen molar-refractivity contribution in [1.82, 2.24) is 14.2 Å². The summed E-state index contributed by atoms with van der Waals surface area (Å²) in [6.45, 7) is 0.105. The zero-order valence-corrected chi connectivity index (χ0v) is 15.7. The van der Waals surface area contributed by atoms with Gasteiger partial charge in [-0.05, 0) is 23.3 Å². The third kappa shape index (κ3) is 2.92. The summed E-state index contributed by atoms with van der Waals surface area (Å²) in [6.07, 6.45) is 0. The highest BCUT2D eigenvalue weighted by Gasteiger charge is 2.15. The van der Waals surface area contributed by atoms with Crippen LogP contribution in [-0.4, -0.2) is 25.9 Å². The predicted molar refractivity (Wildman–Crippen MR) is 115 cm³/mol. The molecule has 142 valence electrons. The van der Waals surface area contributed by atoms with Crippen molar-refractivity contribution < 1.29 is 5.11 Å². The molecule has 0 saturated carbocycles. The van der Waals surface area contributed by atoms with E-state index in [1.165, 1.54) is 0 Å². The molecule has 2 heterocycles. The van der Waals surface area contributed by atoms with Gasteiger partial charge >= 0.3 is 0 Å². The van der Waals surface area contributed by atoms with E-state index in [-0.39, 0.29) is 18.7 Å². The SMILES string of the molecule is O=c1c2ccc(-c3ccccc3)cc2n2nc(-c3ccccc3)cc2n1CCO. The summed E-state index contributed by atoms with van der Waals surface area (Å²) < 4.78 is 3.39. The van der Waals surface area contributed by atoms with E-state index < -0.39 is 0 Å². The van der Waals surface area contributed by atoms with Gasteiger partial charge in [0.15, 0.2) is 0 Å². The maximum absolute atomic E-state index is 13.1. The Morgan fingerprint density at radius 2 is 1.48 bits per heavy atom. The molecule has 29 heavy (non-hydrogen) atoms. The van der Waals surface area contributed by atoms with E-state index in [4.69, 9.17) is 5.10 Å². The van der Waals surface area contributed by atoms with Crippen molar-refractivity contribution in [1.29, 1.82) is 0 Å². The molecule has 5 aromatic rings. The molecule has 0 aliphatic heterocycles. The first-order valence-corrected chi connectivity index (χ1v) is 9.54. The van der Waals surface area contributed by atoms with Gasteiger partial charge in [-0.2, -0.15) is 5.10 Å². The highest BCUT2D eigenvalue weighted by Crippen LogP contribution is 2.26. The van der Waals surface area contributed by atoms with Crippen LogP contribution in [0.2, 0.25) is 0 Å². The van der Waals surface area contributed by atoms with Gasteiger partial charge in [0.1, 0.15) is 5.65 Å². The van der Waals surface area contributed by atoms with Gasteiger partial charge in [-0.15, -0.1) is 0 Å². The second-order valence-electron chi connectivity index (χ2n) is 6.94. The molecule has 3 aromatic carbocycles. The number of benzene rings is 3. The second-order valence-corrected chi connectivity index (χ2v) is 6.94. The fourth-order valence-corrected chi connectivity index (χ4v) is 3.75. The molecule has 0 unspecified atom stereocenters. The highest BCUT2D eigenvalue weighted by atomic mass is 16.3. The van der Waals surface area contributed by atoms with Crippen LogP contribution in [0.4, 0.5) is 0 Å². The molecule has 2 aromatic heterocycles. The molecular weight excluding hydrogens is 362 g/mol. The number of hydrogen-bond donors (Lipinski definition) is 1. The van der Waals surface area contributed by atoms with Crippen LogP contribution in [0.5, 0.6) is 0 Å². The molecule has 0 spiro atoms. The van der Waals surface area contributed by atoms with Crippen LogP contribution in [0.3, 0.4) is 0 Å². The number of rotatable bonds is 4. The lowest BCUT2D eigenvalue weighted by Crippen LogP contribution is -2.24. The summed E-state index contributed by atoms with van der Waals surface area (Å²) in [5.41, 5.74) is 5.16. The van der Waals surface area contributed by atoms with Crippen LogP contribution >= 0.6 is 0 Å². The number of hydrogen-bond acceptors (Lipinski definition) is 3. The first kappa shape index (κ1) is 17.4. The Labute approximate surface area is 167 Å². The fraction of sp³-hybridized carbons (Fsp3) is 0.0833. The number of aromatic nitrogens is 3. The molecule has 0 atom stereocenters. The topological polar surface area (TPSA) is 59.5 Å². The van der Waals surface area contributed by atoms with Crippen molar-refractivity contribution >= 4 is 16.6 Å². The standard InChI is InChI=1S/C24H19N3O2/c28-14-13-26-23-16-21(18-9-5-2-6-10-18)25-27(23)22-15-19(11-12-20(22)24(26)29)17-7-3-1-4-8-17/h1-12,15-16,28H,13-14H2. The molecule has 1 N–H and O–H groups in total. The van der Waals surface area contributed by atoms with Gasteiger partial charge in [0.2, 0.25) is 0 Å². The summed E-state index contributed by atoms with van der Waals surface area (Å²) in [4.78, 5) is 13.1. The van der Waals surface area contributed by atoms with Crippen LogP contribution in [0.1, 0.15) is 0 Å². The van der Waals surface area contributed by atoms with E-state index in [2.05, 4.69) is 0 Å². The summed E-state index contributed by atoms with van der Waals surface area (Å²) >= 11 is 0. The first-order valence-electron chi connectivity index (χ1n) is 9.54. The largest absolute Gasteiger partial charge is 0.395 e. The van der Waals surface area contributed by atoms with Gasteiger partial charge in [-0.3, -0.25) is 9.36 Å². The van der Waals surface area contributed by atoms with Crippen LogP contribution in [0.25, 0.3) is 38.9 Å². The van der Waals surface area contributed by atoms with E-state index in [1.54, 1.807) is 9.08 Å². The minimum atomic E-state index is -0.124. The predicted octanol–water partition coefficient (Wildman–Crippen LogP) is 3.98. The van der Waals surface area contributed by atoms with E-state index in [0.29, 0.717) is 11.0 Å². The number of fused-ring (bicyclic) bond motifs is 3. The Morgan fingerprint density at radius 3 is 2.17 bits per heavy atom. The number of aliphatic hydroxyl groups excluding tert-OH is 1. The maximum Gasteiger partial charge on any atom is 0.261 e. The summed E-state index contributed by atoms with van der Waals surface area (Å²) in [6, 6.07) is 27.6.